The SMILES string of the molecule is CN1CC2(CCN(c3ccc(C(C)(C)C)cc3CC(F)(F)F)CC2)C1. The van der Waals surface area contributed by atoms with Crippen LogP contribution in [0.25, 0.3) is 0 Å². The fraction of sp³-hybridized carbons (Fsp3) is 0.700. The summed E-state index contributed by atoms with van der Waals surface area (Å²) in [6, 6.07) is 5.67. The molecule has 0 N–H and O–H groups in total. The predicted octanol–water partition coefficient (Wildman–Crippen LogP) is 4.62. The maximum absolute atomic E-state index is 13.1. The number of hydrogen-bond acceptors (Lipinski definition) is 2. The van der Waals surface area contributed by atoms with Gasteiger partial charge in [0.05, 0.1) is 6.42 Å². The van der Waals surface area contributed by atoms with Crippen molar-refractivity contribution in [2.45, 2.75) is 51.6 Å². The Balaban J connectivity index is 1.82. The highest BCUT2D eigenvalue weighted by Gasteiger charge is 2.43. The number of likely N-dealkylation sites (tertiary alicyclic amines) is 1. The van der Waals surface area contributed by atoms with Crippen LogP contribution in [0.2, 0.25) is 0 Å². The number of anilines is 1. The molecule has 2 heterocycles. The molecule has 1 aromatic carbocycles. The van der Waals surface area contributed by atoms with Crippen LogP contribution < -0.4 is 4.90 Å². The van der Waals surface area contributed by atoms with E-state index in [1.165, 1.54) is 0 Å². The summed E-state index contributed by atoms with van der Waals surface area (Å²) in [4.78, 5) is 4.49. The number of benzene rings is 1. The van der Waals surface area contributed by atoms with Crippen LogP contribution in [0.3, 0.4) is 0 Å². The van der Waals surface area contributed by atoms with Gasteiger partial charge in [-0.05, 0) is 47.9 Å². The second-order valence-corrected chi connectivity index (χ2v) is 9.04. The molecule has 0 aliphatic carbocycles. The molecular weight excluding hydrogens is 325 g/mol. The van der Waals surface area contributed by atoms with Gasteiger partial charge in [-0.15, -0.1) is 0 Å². The van der Waals surface area contributed by atoms with E-state index in [0.29, 0.717) is 11.0 Å². The van der Waals surface area contributed by atoms with Crippen molar-refractivity contribution in [3.8, 4) is 0 Å². The monoisotopic (exact) mass is 354 g/mol. The van der Waals surface area contributed by atoms with Crippen molar-refractivity contribution >= 4 is 5.69 Å². The third-order valence-corrected chi connectivity index (χ3v) is 5.71. The minimum Gasteiger partial charge on any atom is -0.371 e. The third-order valence-electron chi connectivity index (χ3n) is 5.71. The summed E-state index contributed by atoms with van der Waals surface area (Å²) in [5, 5.41) is 0. The average molecular weight is 354 g/mol. The Morgan fingerprint density at radius 3 is 2.12 bits per heavy atom. The van der Waals surface area contributed by atoms with E-state index in [0.717, 1.165) is 50.3 Å². The normalized spacial score (nSPS) is 21.5. The smallest absolute Gasteiger partial charge is 0.371 e. The van der Waals surface area contributed by atoms with E-state index in [2.05, 4.69) is 16.8 Å². The van der Waals surface area contributed by atoms with E-state index in [1.54, 1.807) is 6.07 Å². The maximum atomic E-state index is 13.1. The van der Waals surface area contributed by atoms with Crippen molar-refractivity contribution in [1.29, 1.82) is 0 Å². The van der Waals surface area contributed by atoms with E-state index < -0.39 is 12.6 Å². The van der Waals surface area contributed by atoms with Crippen molar-refractivity contribution < 1.29 is 13.2 Å². The number of halogens is 3. The summed E-state index contributed by atoms with van der Waals surface area (Å²) in [5.41, 5.74) is 2.40. The molecule has 0 amide bonds. The highest BCUT2D eigenvalue weighted by molar-refractivity contribution is 5.56. The van der Waals surface area contributed by atoms with Gasteiger partial charge in [-0.25, -0.2) is 0 Å². The van der Waals surface area contributed by atoms with Crippen molar-refractivity contribution in [2.24, 2.45) is 5.41 Å². The van der Waals surface area contributed by atoms with Crippen molar-refractivity contribution in [2.75, 3.05) is 38.1 Å². The Labute approximate surface area is 149 Å². The van der Waals surface area contributed by atoms with Gasteiger partial charge in [0.1, 0.15) is 0 Å². The van der Waals surface area contributed by atoms with Crippen LogP contribution in [0.4, 0.5) is 18.9 Å². The third kappa shape index (κ3) is 4.13. The lowest BCUT2D eigenvalue weighted by Gasteiger charge is -2.53. The first-order valence-electron chi connectivity index (χ1n) is 9.11. The van der Waals surface area contributed by atoms with Crippen molar-refractivity contribution in [3.05, 3.63) is 29.3 Å². The Bertz CT molecular complexity index is 615. The molecule has 0 atom stereocenters. The molecule has 2 saturated heterocycles. The first kappa shape index (κ1) is 18.6. The summed E-state index contributed by atoms with van der Waals surface area (Å²) in [7, 11) is 2.13. The minimum absolute atomic E-state index is 0.151. The Morgan fingerprint density at radius 2 is 1.64 bits per heavy atom. The van der Waals surface area contributed by atoms with Gasteiger partial charge < -0.3 is 9.80 Å². The Morgan fingerprint density at radius 1 is 1.04 bits per heavy atom. The van der Waals surface area contributed by atoms with Gasteiger partial charge in [-0.2, -0.15) is 13.2 Å². The minimum atomic E-state index is -4.18. The van der Waals surface area contributed by atoms with Gasteiger partial charge in [-0.1, -0.05) is 32.9 Å². The second kappa shape index (κ2) is 6.19. The van der Waals surface area contributed by atoms with Gasteiger partial charge in [0, 0.05) is 31.9 Å². The van der Waals surface area contributed by atoms with Crippen LogP contribution in [0, 0.1) is 5.41 Å². The van der Waals surface area contributed by atoms with Gasteiger partial charge in [-0.3, -0.25) is 0 Å². The molecule has 1 aromatic rings. The molecule has 0 aromatic heterocycles. The molecule has 3 rings (SSSR count). The number of alkyl halides is 3. The van der Waals surface area contributed by atoms with Gasteiger partial charge in [0.25, 0.3) is 0 Å². The van der Waals surface area contributed by atoms with Crippen LogP contribution in [0.15, 0.2) is 18.2 Å². The zero-order chi connectivity index (χ0) is 18.5. The Hall–Kier alpha value is -1.23. The van der Waals surface area contributed by atoms with Crippen LogP contribution in [0.5, 0.6) is 0 Å². The van der Waals surface area contributed by atoms with Gasteiger partial charge in [0.15, 0.2) is 0 Å². The summed E-state index contributed by atoms with van der Waals surface area (Å²) < 4.78 is 39.4. The number of hydrogen-bond donors (Lipinski definition) is 0. The lowest BCUT2D eigenvalue weighted by molar-refractivity contribution is -0.127. The highest BCUT2D eigenvalue weighted by atomic mass is 19.4. The topological polar surface area (TPSA) is 6.48 Å². The molecule has 0 bridgehead atoms. The van der Waals surface area contributed by atoms with Crippen LogP contribution in [-0.4, -0.2) is 44.3 Å². The van der Waals surface area contributed by atoms with Gasteiger partial charge >= 0.3 is 6.18 Å². The molecule has 0 saturated carbocycles. The molecule has 0 unspecified atom stereocenters. The molecule has 2 fully saturated rings. The molecule has 2 aliphatic heterocycles. The number of rotatable bonds is 2. The highest BCUT2D eigenvalue weighted by Crippen LogP contribution is 2.42. The van der Waals surface area contributed by atoms with Crippen molar-refractivity contribution in [1.82, 2.24) is 4.90 Å². The fourth-order valence-corrected chi connectivity index (χ4v) is 4.36. The molecule has 2 aliphatic rings. The summed E-state index contributed by atoms with van der Waals surface area (Å²) in [6.45, 7) is 10.1. The lowest BCUT2D eigenvalue weighted by atomic mass is 9.72. The maximum Gasteiger partial charge on any atom is 0.393 e. The summed E-state index contributed by atoms with van der Waals surface area (Å²) in [5.74, 6) is 0. The fourth-order valence-electron chi connectivity index (χ4n) is 4.36. The van der Waals surface area contributed by atoms with Crippen molar-refractivity contribution in [3.63, 3.8) is 0 Å². The van der Waals surface area contributed by atoms with E-state index >= 15 is 0 Å². The lowest BCUT2D eigenvalue weighted by Crippen LogP contribution is -2.58. The summed E-state index contributed by atoms with van der Waals surface area (Å²) in [6.07, 6.45) is -2.89. The zero-order valence-electron chi connectivity index (χ0n) is 15.7. The second-order valence-electron chi connectivity index (χ2n) is 9.04. The Kier molecular flexibility index (Phi) is 4.59. The largest absolute Gasteiger partial charge is 0.393 e. The van der Waals surface area contributed by atoms with Crippen LogP contribution in [0.1, 0.15) is 44.7 Å². The van der Waals surface area contributed by atoms with E-state index in [4.69, 9.17) is 0 Å². The molecule has 2 nitrogen and oxygen atoms in total. The van der Waals surface area contributed by atoms with E-state index in [1.807, 2.05) is 32.9 Å². The van der Waals surface area contributed by atoms with Crippen LogP contribution >= 0.6 is 0 Å². The quantitative estimate of drug-likeness (QED) is 0.765. The summed E-state index contributed by atoms with van der Waals surface area (Å²) >= 11 is 0. The average Bonchev–Trinajstić information content (AvgIpc) is 2.44. The van der Waals surface area contributed by atoms with Gasteiger partial charge in [0.2, 0.25) is 0 Å². The number of piperidine rings is 1. The zero-order valence-corrected chi connectivity index (χ0v) is 15.7. The van der Waals surface area contributed by atoms with Crippen LogP contribution in [-0.2, 0) is 11.8 Å². The molecular formula is C20H29F3N2. The standard InChI is InChI=1S/C20H29F3N2/c1-18(2,3)16-5-6-17(15(11-16)12-20(21,22)23)25-9-7-19(8-10-25)13-24(4)14-19/h5-6,11H,7-10,12-14H2,1-4H3. The molecule has 1 spiro atoms. The predicted molar refractivity (Wildman–Crippen MR) is 96.3 cm³/mol. The molecule has 25 heavy (non-hydrogen) atoms. The molecule has 5 heteroatoms. The van der Waals surface area contributed by atoms with E-state index in [-0.39, 0.29) is 5.41 Å². The molecule has 140 valence electrons. The first-order chi connectivity index (χ1) is 11.5. The van der Waals surface area contributed by atoms with E-state index in [9.17, 15) is 13.2 Å². The first-order valence-corrected chi connectivity index (χ1v) is 9.11. The molecule has 0 radical (unpaired) electrons. The number of nitrogens with zero attached hydrogens (tertiary/aromatic N) is 2.